The molecule has 0 aromatic heterocycles. The molecule has 0 N–H and O–H groups in total. The lowest BCUT2D eigenvalue weighted by Crippen LogP contribution is -2.67. The zero-order chi connectivity index (χ0) is 32.7. The lowest BCUT2D eigenvalue weighted by atomic mass is 9.34. The van der Waals surface area contributed by atoms with Gasteiger partial charge in [-0.05, 0) is 96.0 Å². The van der Waals surface area contributed by atoms with Gasteiger partial charge >= 0.3 is 0 Å². The molecule has 240 valence electrons. The quantitative estimate of drug-likeness (QED) is 0.191. The van der Waals surface area contributed by atoms with Gasteiger partial charge in [0.1, 0.15) is 11.9 Å². The molecule has 7 atom stereocenters. The van der Waals surface area contributed by atoms with Crippen LogP contribution in [-0.4, -0.2) is 34.8 Å². The first-order valence-corrected chi connectivity index (χ1v) is 17.2. The van der Waals surface area contributed by atoms with Gasteiger partial charge in [0.2, 0.25) is 0 Å². The van der Waals surface area contributed by atoms with E-state index in [-0.39, 0.29) is 68.5 Å². The van der Waals surface area contributed by atoms with E-state index in [1.165, 1.54) is 4.90 Å². The number of nitriles is 1. The highest BCUT2D eigenvalue weighted by atomic mass is 16.2. The Kier molecular flexibility index (Phi) is 7.42. The van der Waals surface area contributed by atoms with E-state index in [0.29, 0.717) is 29.9 Å². The summed E-state index contributed by atoms with van der Waals surface area (Å²) < 4.78 is 0. The highest BCUT2D eigenvalue weighted by Gasteiger charge is 2.69. The predicted molar refractivity (Wildman–Crippen MR) is 173 cm³/mol. The molecule has 6 heteroatoms. The third-order valence-electron chi connectivity index (χ3n) is 13.9. The van der Waals surface area contributed by atoms with Gasteiger partial charge in [-0.1, -0.05) is 73.1 Å². The molecule has 0 saturated heterocycles. The molecule has 4 aliphatic carbocycles. The van der Waals surface area contributed by atoms with E-state index in [1.54, 1.807) is 12.1 Å². The zero-order valence-corrected chi connectivity index (χ0v) is 28.3. The van der Waals surface area contributed by atoms with Crippen LogP contribution >= 0.6 is 0 Å². The van der Waals surface area contributed by atoms with Gasteiger partial charge in [0.15, 0.2) is 5.78 Å². The first kappa shape index (κ1) is 31.9. The van der Waals surface area contributed by atoms with Crippen LogP contribution in [0.5, 0.6) is 0 Å². The van der Waals surface area contributed by atoms with E-state index in [1.807, 2.05) is 32.1 Å². The highest BCUT2D eigenvalue weighted by molar-refractivity contribution is 6.21. The minimum absolute atomic E-state index is 0.0381. The molecule has 2 amide bonds. The van der Waals surface area contributed by atoms with E-state index >= 15 is 0 Å². The van der Waals surface area contributed by atoms with Crippen molar-refractivity contribution in [3.63, 3.8) is 0 Å². The smallest absolute Gasteiger partial charge is 0.261 e. The third-order valence-corrected chi connectivity index (χ3v) is 13.9. The Labute approximate surface area is 269 Å². The number of nitrogens with zero attached hydrogens (tertiary/aromatic N) is 2. The van der Waals surface area contributed by atoms with Crippen LogP contribution in [0.3, 0.4) is 0 Å². The molecule has 0 radical (unpaired) electrons. The SMILES string of the molecule is CC(C)C(=O)C(C#N)=CC1(C)CCCC2(C)C1CC(=O)C1C3CC(C)(C)CCC3(CN3C(=O)c4ccccc4C3=O)CCC12C. The molecule has 1 aromatic rings. The maximum atomic E-state index is 14.8. The van der Waals surface area contributed by atoms with E-state index in [9.17, 15) is 24.4 Å². The summed E-state index contributed by atoms with van der Waals surface area (Å²) in [5.74, 6) is -0.534. The molecule has 0 spiro atoms. The molecule has 45 heavy (non-hydrogen) atoms. The first-order chi connectivity index (χ1) is 21.0. The standard InChI is InChI=1S/C39H50N2O4/c1-24(2)32(43)25(22-40)20-36(5)13-10-14-37(6)30(36)19-29(42)31-28-21-35(3,4)15-17-39(28,18-16-38(31,37)7)23-41-33(44)26-11-8-9-12-27(26)34(41)45/h8-9,11-12,20,24,28,30-31H,10,13-19,21,23H2,1-7H3. The van der Waals surface area contributed by atoms with Crippen molar-refractivity contribution in [1.82, 2.24) is 4.90 Å². The Bertz CT molecular complexity index is 1510. The Balaban J connectivity index is 1.39. The lowest BCUT2D eigenvalue weighted by molar-refractivity contribution is -0.210. The van der Waals surface area contributed by atoms with Crippen molar-refractivity contribution < 1.29 is 19.2 Å². The summed E-state index contributed by atoms with van der Waals surface area (Å²) in [6, 6.07) is 9.33. The first-order valence-electron chi connectivity index (χ1n) is 17.2. The monoisotopic (exact) mass is 610 g/mol. The number of ketones is 2. The fourth-order valence-corrected chi connectivity index (χ4v) is 11.1. The van der Waals surface area contributed by atoms with Crippen LogP contribution in [0.15, 0.2) is 35.9 Å². The van der Waals surface area contributed by atoms with Crippen molar-refractivity contribution in [3.8, 4) is 6.07 Å². The fraction of sp³-hybridized carbons (Fsp3) is 0.667. The maximum Gasteiger partial charge on any atom is 0.261 e. The van der Waals surface area contributed by atoms with Crippen molar-refractivity contribution >= 4 is 23.4 Å². The minimum atomic E-state index is -0.424. The number of amides is 2. The van der Waals surface area contributed by atoms with E-state index in [0.717, 1.165) is 51.4 Å². The van der Waals surface area contributed by atoms with Crippen molar-refractivity contribution in [2.45, 2.75) is 106 Å². The maximum absolute atomic E-state index is 14.8. The van der Waals surface area contributed by atoms with Crippen LogP contribution in [0, 0.1) is 62.1 Å². The summed E-state index contributed by atoms with van der Waals surface area (Å²) in [7, 11) is 0. The van der Waals surface area contributed by atoms with E-state index in [2.05, 4.69) is 40.7 Å². The normalized spacial score (nSPS) is 39.1. The van der Waals surface area contributed by atoms with Gasteiger partial charge in [-0.25, -0.2) is 0 Å². The molecule has 0 bridgehead atoms. The van der Waals surface area contributed by atoms with Crippen LogP contribution in [0.4, 0.5) is 0 Å². The molecule has 5 aliphatic rings. The van der Waals surface area contributed by atoms with Crippen LogP contribution < -0.4 is 0 Å². The van der Waals surface area contributed by atoms with Gasteiger partial charge in [-0.3, -0.25) is 24.1 Å². The molecule has 1 heterocycles. The fourth-order valence-electron chi connectivity index (χ4n) is 11.1. The topological polar surface area (TPSA) is 95.3 Å². The number of allylic oxidation sites excluding steroid dienone is 2. The number of fused-ring (bicyclic) bond motifs is 6. The van der Waals surface area contributed by atoms with Crippen molar-refractivity contribution in [2.75, 3.05) is 6.54 Å². The summed E-state index contributed by atoms with van der Waals surface area (Å²) in [4.78, 5) is 56.4. The third kappa shape index (κ3) is 4.62. The Hall–Kier alpha value is -3.07. The number of hydrogen-bond donors (Lipinski definition) is 0. The molecule has 1 aromatic carbocycles. The zero-order valence-electron chi connectivity index (χ0n) is 28.3. The van der Waals surface area contributed by atoms with E-state index in [4.69, 9.17) is 0 Å². The minimum Gasteiger partial charge on any atom is -0.299 e. The van der Waals surface area contributed by atoms with Gasteiger partial charge in [-0.2, -0.15) is 5.26 Å². The average molecular weight is 611 g/mol. The summed E-state index contributed by atoms with van der Waals surface area (Å²) >= 11 is 0. The number of carbonyl (C=O) groups excluding carboxylic acids is 4. The molecule has 6 rings (SSSR count). The Morgan fingerprint density at radius 3 is 2.16 bits per heavy atom. The van der Waals surface area contributed by atoms with Gasteiger partial charge in [-0.15, -0.1) is 0 Å². The van der Waals surface area contributed by atoms with Crippen LogP contribution in [0.2, 0.25) is 0 Å². The van der Waals surface area contributed by atoms with Gasteiger partial charge in [0.05, 0.1) is 16.7 Å². The molecule has 4 fully saturated rings. The number of hydrogen-bond acceptors (Lipinski definition) is 5. The molecular formula is C39H50N2O4. The lowest BCUT2D eigenvalue weighted by Gasteiger charge is -2.70. The number of rotatable bonds is 5. The average Bonchev–Trinajstić information content (AvgIpc) is 3.22. The van der Waals surface area contributed by atoms with Gasteiger partial charge in [0.25, 0.3) is 11.8 Å². The number of Topliss-reactive ketones (excluding diaryl/α,β-unsaturated/α-hetero) is 2. The van der Waals surface area contributed by atoms with Crippen LogP contribution in [0.25, 0.3) is 0 Å². The molecule has 1 aliphatic heterocycles. The second kappa shape index (κ2) is 10.5. The van der Waals surface area contributed by atoms with Gasteiger partial charge < -0.3 is 0 Å². The summed E-state index contributed by atoms with van der Waals surface area (Å²) in [5.41, 5.74) is 0.135. The largest absolute Gasteiger partial charge is 0.299 e. The van der Waals surface area contributed by atoms with Crippen molar-refractivity contribution in [2.24, 2.45) is 50.7 Å². The molecule has 4 saturated carbocycles. The summed E-state index contributed by atoms with van der Waals surface area (Å²) in [6.45, 7) is 15.6. The number of benzene rings is 1. The highest BCUT2D eigenvalue weighted by Crippen LogP contribution is 2.73. The van der Waals surface area contributed by atoms with Crippen LogP contribution in [0.1, 0.15) is 127 Å². The Morgan fingerprint density at radius 2 is 1.56 bits per heavy atom. The molecule has 6 nitrogen and oxygen atoms in total. The molecular weight excluding hydrogens is 560 g/mol. The Morgan fingerprint density at radius 1 is 0.933 bits per heavy atom. The van der Waals surface area contributed by atoms with Crippen LogP contribution in [-0.2, 0) is 9.59 Å². The second-order valence-electron chi connectivity index (χ2n) is 17.2. The second-order valence-corrected chi connectivity index (χ2v) is 17.2. The number of imide groups is 1. The van der Waals surface area contributed by atoms with Gasteiger partial charge in [0, 0.05) is 24.8 Å². The van der Waals surface area contributed by atoms with Crippen molar-refractivity contribution in [1.29, 1.82) is 5.26 Å². The van der Waals surface area contributed by atoms with E-state index < -0.39 is 5.41 Å². The van der Waals surface area contributed by atoms with Crippen molar-refractivity contribution in [3.05, 3.63) is 47.0 Å². The summed E-state index contributed by atoms with van der Waals surface area (Å²) in [6.07, 6.45) is 9.81. The summed E-state index contributed by atoms with van der Waals surface area (Å²) in [5, 5.41) is 10.0. The predicted octanol–water partition coefficient (Wildman–Crippen LogP) is 7.97. The molecule has 7 unspecified atom stereocenters. The number of carbonyl (C=O) groups is 4.